The Morgan fingerprint density at radius 2 is 2.12 bits per heavy atom. The monoisotopic (exact) mass is 326 g/mol. The molecule has 1 unspecified atom stereocenters. The average Bonchev–Trinajstić information content (AvgIpc) is 2.66. The molecule has 126 valence electrons. The summed E-state index contributed by atoms with van der Waals surface area (Å²) in [7, 11) is 0. The van der Waals surface area contributed by atoms with Gasteiger partial charge in [0, 0.05) is 25.4 Å². The lowest BCUT2D eigenvalue weighted by molar-refractivity contribution is -0.139. The Hall–Kier alpha value is -2.40. The number of ether oxygens (including phenoxy) is 2. The van der Waals surface area contributed by atoms with Crippen LogP contribution < -0.4 is 4.74 Å². The molecule has 1 aromatic carbocycles. The zero-order chi connectivity index (χ0) is 16.6. The fourth-order valence-electron chi connectivity index (χ4n) is 2.71. The van der Waals surface area contributed by atoms with Crippen LogP contribution in [0.3, 0.4) is 0 Å². The quantitative estimate of drug-likeness (QED) is 0.817. The number of rotatable bonds is 6. The van der Waals surface area contributed by atoms with E-state index in [1.165, 1.54) is 0 Å². The van der Waals surface area contributed by atoms with Gasteiger partial charge in [0.25, 0.3) is 0 Å². The van der Waals surface area contributed by atoms with Crippen molar-refractivity contribution in [1.82, 2.24) is 9.88 Å². The highest BCUT2D eigenvalue weighted by Gasteiger charge is 2.24. The lowest BCUT2D eigenvalue weighted by Crippen LogP contribution is -2.47. The summed E-state index contributed by atoms with van der Waals surface area (Å²) in [6.07, 6.45) is 4.68. The normalized spacial score (nSPS) is 17.5. The highest BCUT2D eigenvalue weighted by atomic mass is 16.5. The van der Waals surface area contributed by atoms with Gasteiger partial charge in [0.15, 0.2) is 0 Å². The summed E-state index contributed by atoms with van der Waals surface area (Å²) < 4.78 is 11.4. The largest absolute Gasteiger partial charge is 0.491 e. The minimum Gasteiger partial charge on any atom is -0.491 e. The predicted octanol–water partition coefficient (Wildman–Crippen LogP) is 2.32. The maximum absolute atomic E-state index is 12.4. The van der Waals surface area contributed by atoms with E-state index >= 15 is 0 Å². The topological polar surface area (TPSA) is 51.7 Å². The molecule has 5 heteroatoms. The van der Waals surface area contributed by atoms with Crippen molar-refractivity contribution in [3.8, 4) is 5.75 Å². The Labute approximate surface area is 142 Å². The van der Waals surface area contributed by atoms with Gasteiger partial charge in [-0.1, -0.05) is 24.3 Å². The van der Waals surface area contributed by atoms with E-state index in [4.69, 9.17) is 9.47 Å². The minimum absolute atomic E-state index is 0.0821. The van der Waals surface area contributed by atoms with Gasteiger partial charge in [-0.15, -0.1) is 0 Å². The van der Waals surface area contributed by atoms with Crippen LogP contribution in [0.2, 0.25) is 0 Å². The summed E-state index contributed by atoms with van der Waals surface area (Å²) in [6, 6.07) is 13.5. The molecule has 2 heterocycles. The Morgan fingerprint density at radius 1 is 1.25 bits per heavy atom. The minimum atomic E-state index is -0.0821. The second kappa shape index (κ2) is 8.45. The molecule has 1 aromatic heterocycles. The number of morpholine rings is 1. The number of benzene rings is 1. The summed E-state index contributed by atoms with van der Waals surface area (Å²) in [5.74, 6) is 0.980. The second-order valence-electron chi connectivity index (χ2n) is 5.82. The van der Waals surface area contributed by atoms with Crippen molar-refractivity contribution in [1.29, 1.82) is 0 Å². The Morgan fingerprint density at radius 3 is 2.92 bits per heavy atom. The number of hydrogen-bond donors (Lipinski definition) is 0. The third-order valence-electron chi connectivity index (χ3n) is 4.02. The first-order chi connectivity index (χ1) is 11.8. The van der Waals surface area contributed by atoms with Crippen molar-refractivity contribution in [2.45, 2.75) is 18.9 Å². The smallest absolute Gasteiger partial charge is 0.223 e. The summed E-state index contributed by atoms with van der Waals surface area (Å²) >= 11 is 0. The summed E-state index contributed by atoms with van der Waals surface area (Å²) in [5, 5.41) is 0. The third kappa shape index (κ3) is 4.80. The zero-order valence-corrected chi connectivity index (χ0v) is 13.6. The van der Waals surface area contributed by atoms with Crippen molar-refractivity contribution < 1.29 is 14.3 Å². The molecule has 0 N–H and O–H groups in total. The molecule has 0 saturated carbocycles. The molecule has 0 bridgehead atoms. The molecule has 1 aliphatic heterocycles. The van der Waals surface area contributed by atoms with Crippen LogP contribution >= 0.6 is 0 Å². The van der Waals surface area contributed by atoms with E-state index in [1.54, 1.807) is 6.20 Å². The first-order valence-corrected chi connectivity index (χ1v) is 8.27. The van der Waals surface area contributed by atoms with E-state index in [-0.39, 0.29) is 12.0 Å². The van der Waals surface area contributed by atoms with Crippen LogP contribution in [0.4, 0.5) is 0 Å². The van der Waals surface area contributed by atoms with E-state index in [0.717, 1.165) is 17.7 Å². The lowest BCUT2D eigenvalue weighted by atomic mass is 10.1. The van der Waals surface area contributed by atoms with Crippen LogP contribution in [0.15, 0.2) is 54.9 Å². The molecule has 24 heavy (non-hydrogen) atoms. The molecule has 0 spiro atoms. The van der Waals surface area contributed by atoms with Crippen molar-refractivity contribution in [2.75, 3.05) is 26.3 Å². The van der Waals surface area contributed by atoms with E-state index < -0.39 is 0 Å². The molecular weight excluding hydrogens is 304 g/mol. The number of nitrogens with zero attached hydrogens (tertiary/aromatic N) is 2. The van der Waals surface area contributed by atoms with Crippen molar-refractivity contribution in [3.05, 3.63) is 60.4 Å². The highest BCUT2D eigenvalue weighted by molar-refractivity contribution is 5.76. The van der Waals surface area contributed by atoms with Gasteiger partial charge in [0.1, 0.15) is 18.5 Å². The van der Waals surface area contributed by atoms with Gasteiger partial charge >= 0.3 is 0 Å². The molecule has 0 aliphatic carbocycles. The van der Waals surface area contributed by atoms with Gasteiger partial charge < -0.3 is 14.4 Å². The number of para-hydroxylation sites is 1. The maximum Gasteiger partial charge on any atom is 0.223 e. The number of carbonyl (C=O) groups is 1. The highest BCUT2D eigenvalue weighted by Crippen LogP contribution is 2.13. The van der Waals surface area contributed by atoms with E-state index in [9.17, 15) is 4.79 Å². The van der Waals surface area contributed by atoms with Crippen LogP contribution in [0.1, 0.15) is 12.0 Å². The second-order valence-corrected chi connectivity index (χ2v) is 5.82. The van der Waals surface area contributed by atoms with Gasteiger partial charge in [-0.2, -0.15) is 0 Å². The Bertz CT molecular complexity index is 634. The Kier molecular flexibility index (Phi) is 5.80. The first-order valence-electron chi connectivity index (χ1n) is 8.27. The number of pyridine rings is 1. The molecule has 1 fully saturated rings. The zero-order valence-electron chi connectivity index (χ0n) is 13.6. The van der Waals surface area contributed by atoms with E-state index in [1.807, 2.05) is 53.6 Å². The molecule has 1 aliphatic rings. The van der Waals surface area contributed by atoms with E-state index in [0.29, 0.717) is 32.7 Å². The molecule has 1 saturated heterocycles. The summed E-state index contributed by atoms with van der Waals surface area (Å²) in [5.41, 5.74) is 1.09. The summed E-state index contributed by atoms with van der Waals surface area (Å²) in [6.45, 7) is 2.24. The molecule has 3 rings (SSSR count). The molecule has 5 nitrogen and oxygen atoms in total. The van der Waals surface area contributed by atoms with Gasteiger partial charge in [0.2, 0.25) is 5.91 Å². The SMILES string of the molecule is O=C(CCc1cccnc1)N1CCOC(COc2ccccc2)C1. The number of hydrogen-bond acceptors (Lipinski definition) is 4. The Balaban J connectivity index is 1.45. The molecule has 1 atom stereocenters. The average molecular weight is 326 g/mol. The van der Waals surface area contributed by atoms with Crippen LogP contribution in [0.25, 0.3) is 0 Å². The van der Waals surface area contributed by atoms with Crippen molar-refractivity contribution in [3.63, 3.8) is 0 Å². The fourth-order valence-corrected chi connectivity index (χ4v) is 2.71. The number of aromatic nitrogens is 1. The molecule has 2 aromatic rings. The van der Waals surface area contributed by atoms with Crippen LogP contribution in [0.5, 0.6) is 5.75 Å². The maximum atomic E-state index is 12.4. The van der Waals surface area contributed by atoms with Crippen LogP contribution in [0, 0.1) is 0 Å². The summed E-state index contributed by atoms with van der Waals surface area (Å²) in [4.78, 5) is 18.4. The predicted molar refractivity (Wildman–Crippen MR) is 90.8 cm³/mol. The standard InChI is InChI=1S/C19H22N2O3/c22-19(9-8-16-5-4-10-20-13-16)21-11-12-23-18(14-21)15-24-17-6-2-1-3-7-17/h1-7,10,13,18H,8-9,11-12,14-15H2. The van der Waals surface area contributed by atoms with Gasteiger partial charge in [-0.05, 0) is 30.2 Å². The number of aryl methyl sites for hydroxylation is 1. The fraction of sp³-hybridized carbons (Fsp3) is 0.368. The first kappa shape index (κ1) is 16.5. The number of carbonyl (C=O) groups excluding carboxylic acids is 1. The number of amides is 1. The lowest BCUT2D eigenvalue weighted by Gasteiger charge is -2.33. The van der Waals surface area contributed by atoms with Crippen LogP contribution in [-0.2, 0) is 16.0 Å². The van der Waals surface area contributed by atoms with Gasteiger partial charge in [0.05, 0.1) is 13.2 Å². The van der Waals surface area contributed by atoms with E-state index in [2.05, 4.69) is 4.98 Å². The molecule has 0 radical (unpaired) electrons. The van der Waals surface area contributed by atoms with Crippen LogP contribution in [-0.4, -0.2) is 48.2 Å². The van der Waals surface area contributed by atoms with Gasteiger partial charge in [-0.25, -0.2) is 0 Å². The van der Waals surface area contributed by atoms with Crippen molar-refractivity contribution >= 4 is 5.91 Å². The molecular formula is C19H22N2O3. The van der Waals surface area contributed by atoms with Crippen molar-refractivity contribution in [2.24, 2.45) is 0 Å². The van der Waals surface area contributed by atoms with Gasteiger partial charge in [-0.3, -0.25) is 9.78 Å². The third-order valence-corrected chi connectivity index (χ3v) is 4.02. The molecule has 1 amide bonds.